The molecular weight excluding hydrogens is 218 g/mol. The van der Waals surface area contributed by atoms with Gasteiger partial charge in [0.25, 0.3) is 0 Å². The van der Waals surface area contributed by atoms with Crippen molar-refractivity contribution >= 4 is 11.6 Å². The van der Waals surface area contributed by atoms with Gasteiger partial charge in [0.2, 0.25) is 5.91 Å². The molecule has 0 radical (unpaired) electrons. The zero-order valence-corrected chi connectivity index (χ0v) is 9.71. The van der Waals surface area contributed by atoms with Crippen LogP contribution in [0, 0.1) is 6.92 Å². The normalized spacial score (nSPS) is 10.2. The van der Waals surface area contributed by atoms with Crippen molar-refractivity contribution in [3.05, 3.63) is 35.7 Å². The van der Waals surface area contributed by atoms with Crippen LogP contribution in [0.25, 0.3) is 0 Å². The number of rotatable bonds is 3. The zero-order chi connectivity index (χ0) is 12.3. The topological polar surface area (TPSA) is 72.7 Å². The Morgan fingerprint density at radius 3 is 2.94 bits per heavy atom. The molecule has 0 atom stereocenters. The first-order chi connectivity index (χ1) is 8.15. The van der Waals surface area contributed by atoms with Gasteiger partial charge in [-0.1, -0.05) is 12.1 Å². The Bertz CT molecular complexity index is 534. The molecule has 0 saturated heterocycles. The van der Waals surface area contributed by atoms with Crippen LogP contribution in [0.2, 0.25) is 0 Å². The molecule has 0 spiro atoms. The summed E-state index contributed by atoms with van der Waals surface area (Å²) in [6, 6.07) is 7.60. The molecule has 2 rings (SSSR count). The van der Waals surface area contributed by atoms with Gasteiger partial charge in [-0.25, -0.2) is 4.68 Å². The van der Waals surface area contributed by atoms with Gasteiger partial charge in [-0.2, -0.15) is 0 Å². The molecule has 1 heterocycles. The van der Waals surface area contributed by atoms with Crippen LogP contribution in [-0.4, -0.2) is 26.1 Å². The lowest BCUT2D eigenvalue weighted by Crippen LogP contribution is -2.07. The monoisotopic (exact) mass is 231 g/mol. The maximum absolute atomic E-state index is 10.9. The van der Waals surface area contributed by atoms with Crippen LogP contribution >= 0.6 is 0 Å². The largest absolute Gasteiger partial charge is 0.326 e. The Kier molecular flexibility index (Phi) is 3.13. The molecule has 1 amide bonds. The first-order valence-corrected chi connectivity index (χ1v) is 5.24. The predicted molar refractivity (Wildman–Crippen MR) is 62.4 cm³/mol. The van der Waals surface area contributed by atoms with E-state index in [1.807, 2.05) is 31.2 Å². The number of carbonyl (C=O) groups excluding carboxylic acids is 1. The summed E-state index contributed by atoms with van der Waals surface area (Å²) in [5.74, 6) is 0.677. The molecule has 0 unspecified atom stereocenters. The first kappa shape index (κ1) is 11.3. The van der Waals surface area contributed by atoms with E-state index in [0.29, 0.717) is 6.54 Å². The van der Waals surface area contributed by atoms with E-state index < -0.39 is 0 Å². The number of carbonyl (C=O) groups is 1. The molecule has 2 aromatic rings. The third kappa shape index (κ3) is 2.87. The maximum Gasteiger partial charge on any atom is 0.221 e. The van der Waals surface area contributed by atoms with Crippen molar-refractivity contribution in [2.75, 3.05) is 5.32 Å². The summed E-state index contributed by atoms with van der Waals surface area (Å²) in [4.78, 5) is 10.9. The van der Waals surface area contributed by atoms with E-state index in [1.54, 1.807) is 4.68 Å². The fourth-order valence-corrected chi connectivity index (χ4v) is 1.52. The van der Waals surface area contributed by atoms with Gasteiger partial charge in [-0.3, -0.25) is 4.79 Å². The zero-order valence-electron chi connectivity index (χ0n) is 9.71. The minimum atomic E-state index is -0.0826. The number of aromatic nitrogens is 4. The molecule has 0 aliphatic heterocycles. The van der Waals surface area contributed by atoms with Gasteiger partial charge < -0.3 is 5.32 Å². The fourth-order valence-electron chi connectivity index (χ4n) is 1.52. The van der Waals surface area contributed by atoms with E-state index in [0.717, 1.165) is 17.1 Å². The van der Waals surface area contributed by atoms with E-state index in [4.69, 9.17) is 0 Å². The lowest BCUT2D eigenvalue weighted by Gasteiger charge is -2.06. The number of nitrogens with one attached hydrogen (secondary N) is 1. The standard InChI is InChI=1S/C11H13N5O/c1-8-13-14-15-16(8)7-10-4-3-5-11(6-10)12-9(2)17/h3-6H,7H2,1-2H3,(H,12,17). The molecule has 0 saturated carbocycles. The van der Waals surface area contributed by atoms with E-state index in [1.165, 1.54) is 6.92 Å². The summed E-state index contributed by atoms with van der Waals surface area (Å²) in [7, 11) is 0. The van der Waals surface area contributed by atoms with Gasteiger partial charge in [0.15, 0.2) is 0 Å². The number of benzene rings is 1. The SMILES string of the molecule is CC(=O)Nc1cccc(Cn2nnnc2C)c1. The van der Waals surface area contributed by atoms with Crippen LogP contribution < -0.4 is 5.32 Å². The van der Waals surface area contributed by atoms with Gasteiger partial charge in [0, 0.05) is 12.6 Å². The van der Waals surface area contributed by atoms with E-state index in [9.17, 15) is 4.79 Å². The van der Waals surface area contributed by atoms with Crippen molar-refractivity contribution in [1.82, 2.24) is 20.2 Å². The number of anilines is 1. The second-order valence-electron chi connectivity index (χ2n) is 3.77. The molecule has 6 nitrogen and oxygen atoms in total. The van der Waals surface area contributed by atoms with Crippen molar-refractivity contribution < 1.29 is 4.79 Å². The molecule has 1 N–H and O–H groups in total. The van der Waals surface area contributed by atoms with Crippen LogP contribution in [0.4, 0.5) is 5.69 Å². The average Bonchev–Trinajstić information content (AvgIpc) is 2.64. The van der Waals surface area contributed by atoms with Gasteiger partial charge in [-0.05, 0) is 35.0 Å². The number of aryl methyl sites for hydroxylation is 1. The number of tetrazole rings is 1. The molecule has 17 heavy (non-hydrogen) atoms. The number of hydrogen-bond acceptors (Lipinski definition) is 4. The van der Waals surface area contributed by atoms with E-state index >= 15 is 0 Å². The van der Waals surface area contributed by atoms with Gasteiger partial charge in [0.1, 0.15) is 5.82 Å². The van der Waals surface area contributed by atoms with Crippen molar-refractivity contribution in [1.29, 1.82) is 0 Å². The van der Waals surface area contributed by atoms with Crippen LogP contribution in [-0.2, 0) is 11.3 Å². The van der Waals surface area contributed by atoms with Crippen LogP contribution in [0.5, 0.6) is 0 Å². The van der Waals surface area contributed by atoms with Crippen molar-refractivity contribution in [2.24, 2.45) is 0 Å². The Hall–Kier alpha value is -2.24. The summed E-state index contributed by atoms with van der Waals surface area (Å²) in [5.41, 5.74) is 1.81. The highest BCUT2D eigenvalue weighted by atomic mass is 16.1. The predicted octanol–water partition coefficient (Wildman–Crippen LogP) is 0.988. The summed E-state index contributed by atoms with van der Waals surface area (Å²) in [5, 5.41) is 14.0. The smallest absolute Gasteiger partial charge is 0.221 e. The molecular formula is C11H13N5O. The summed E-state index contributed by atoms with van der Waals surface area (Å²) < 4.78 is 1.70. The molecule has 6 heteroatoms. The summed E-state index contributed by atoms with van der Waals surface area (Å²) in [6.07, 6.45) is 0. The Morgan fingerprint density at radius 1 is 1.47 bits per heavy atom. The van der Waals surface area contributed by atoms with E-state index in [-0.39, 0.29) is 5.91 Å². The number of nitrogens with zero attached hydrogens (tertiary/aromatic N) is 4. The van der Waals surface area contributed by atoms with Crippen molar-refractivity contribution in [3.8, 4) is 0 Å². The minimum Gasteiger partial charge on any atom is -0.326 e. The molecule has 1 aromatic carbocycles. The molecule has 0 aliphatic rings. The Balaban J connectivity index is 2.16. The second kappa shape index (κ2) is 4.73. The molecule has 88 valence electrons. The fraction of sp³-hybridized carbons (Fsp3) is 0.273. The quantitative estimate of drug-likeness (QED) is 0.854. The summed E-state index contributed by atoms with van der Waals surface area (Å²) >= 11 is 0. The average molecular weight is 231 g/mol. The van der Waals surface area contributed by atoms with Crippen LogP contribution in [0.1, 0.15) is 18.3 Å². The highest BCUT2D eigenvalue weighted by molar-refractivity contribution is 5.88. The lowest BCUT2D eigenvalue weighted by atomic mass is 10.2. The summed E-state index contributed by atoms with van der Waals surface area (Å²) in [6.45, 7) is 3.92. The third-order valence-electron chi connectivity index (χ3n) is 2.29. The lowest BCUT2D eigenvalue weighted by molar-refractivity contribution is -0.114. The number of amides is 1. The molecule has 0 bridgehead atoms. The second-order valence-corrected chi connectivity index (χ2v) is 3.77. The molecule has 0 fully saturated rings. The Morgan fingerprint density at radius 2 is 2.29 bits per heavy atom. The van der Waals surface area contributed by atoms with Gasteiger partial charge in [0.05, 0.1) is 6.54 Å². The molecule has 1 aromatic heterocycles. The maximum atomic E-state index is 10.9. The van der Waals surface area contributed by atoms with Crippen molar-refractivity contribution in [2.45, 2.75) is 20.4 Å². The third-order valence-corrected chi connectivity index (χ3v) is 2.29. The van der Waals surface area contributed by atoms with Gasteiger partial charge in [-0.15, -0.1) is 5.10 Å². The molecule has 0 aliphatic carbocycles. The van der Waals surface area contributed by atoms with Crippen molar-refractivity contribution in [3.63, 3.8) is 0 Å². The van der Waals surface area contributed by atoms with Crippen LogP contribution in [0.3, 0.4) is 0 Å². The van der Waals surface area contributed by atoms with Crippen LogP contribution in [0.15, 0.2) is 24.3 Å². The first-order valence-electron chi connectivity index (χ1n) is 5.24. The minimum absolute atomic E-state index is 0.0826. The highest BCUT2D eigenvalue weighted by Crippen LogP contribution is 2.11. The Labute approximate surface area is 98.6 Å². The van der Waals surface area contributed by atoms with E-state index in [2.05, 4.69) is 20.8 Å². The highest BCUT2D eigenvalue weighted by Gasteiger charge is 2.02. The number of hydrogen-bond donors (Lipinski definition) is 1. The van der Waals surface area contributed by atoms with Gasteiger partial charge >= 0.3 is 0 Å².